The standard InChI is InChI=1S/C25H21N5O4S/c1-14-20(15-5-3-2-4-6-15)29-33-22(14)24-28-23(30-34-24)17-9-7-16(8-10-17)21(32)19(31)12-11-18-13-35-25(26)27-18/h2-10,13,21,32H,11-12H2,1H3,(H2,26,27). The summed E-state index contributed by atoms with van der Waals surface area (Å²) in [5.41, 5.74) is 9.95. The van der Waals surface area contributed by atoms with Crippen molar-refractivity contribution in [2.45, 2.75) is 25.9 Å². The highest BCUT2D eigenvalue weighted by molar-refractivity contribution is 7.13. The Morgan fingerprint density at radius 1 is 1.03 bits per heavy atom. The summed E-state index contributed by atoms with van der Waals surface area (Å²) in [7, 11) is 0. The zero-order valence-electron chi connectivity index (χ0n) is 18.7. The number of aliphatic hydroxyl groups is 1. The van der Waals surface area contributed by atoms with E-state index in [-0.39, 0.29) is 18.1 Å². The maximum absolute atomic E-state index is 12.4. The van der Waals surface area contributed by atoms with Crippen LogP contribution in [0, 0.1) is 6.92 Å². The van der Waals surface area contributed by atoms with Crippen molar-refractivity contribution in [2.75, 3.05) is 5.73 Å². The lowest BCUT2D eigenvalue weighted by Gasteiger charge is -2.10. The Balaban J connectivity index is 1.28. The predicted molar refractivity (Wildman–Crippen MR) is 130 cm³/mol. The Morgan fingerprint density at radius 3 is 2.51 bits per heavy atom. The van der Waals surface area contributed by atoms with Crippen molar-refractivity contribution in [1.82, 2.24) is 20.3 Å². The molecular formula is C25H21N5O4S. The lowest BCUT2D eigenvalue weighted by molar-refractivity contribution is -0.127. The van der Waals surface area contributed by atoms with Crippen molar-refractivity contribution in [3.63, 3.8) is 0 Å². The average Bonchev–Trinajstić information content (AvgIpc) is 3.62. The molecule has 0 spiro atoms. The molecule has 176 valence electrons. The van der Waals surface area contributed by atoms with Crippen LogP contribution in [0.15, 0.2) is 69.0 Å². The van der Waals surface area contributed by atoms with Gasteiger partial charge in [0, 0.05) is 28.5 Å². The first kappa shape index (κ1) is 22.6. The van der Waals surface area contributed by atoms with E-state index in [1.807, 2.05) is 42.6 Å². The quantitative estimate of drug-likeness (QED) is 0.320. The number of aryl methyl sites for hydroxylation is 1. The Bertz CT molecular complexity index is 1460. The van der Waals surface area contributed by atoms with Gasteiger partial charge in [-0.05, 0) is 18.9 Å². The fourth-order valence-electron chi connectivity index (χ4n) is 3.66. The molecule has 3 aromatic heterocycles. The second kappa shape index (κ2) is 9.61. The third-order valence-electron chi connectivity index (χ3n) is 5.58. The number of aromatic nitrogens is 4. The summed E-state index contributed by atoms with van der Waals surface area (Å²) < 4.78 is 10.9. The molecule has 3 N–H and O–H groups in total. The topological polar surface area (TPSA) is 141 Å². The van der Waals surface area contributed by atoms with E-state index in [9.17, 15) is 9.90 Å². The second-order valence-electron chi connectivity index (χ2n) is 7.94. The fourth-order valence-corrected chi connectivity index (χ4v) is 4.26. The van der Waals surface area contributed by atoms with Gasteiger partial charge in [-0.3, -0.25) is 4.79 Å². The van der Waals surface area contributed by atoms with Crippen LogP contribution >= 0.6 is 11.3 Å². The number of nitrogens with zero attached hydrogens (tertiary/aromatic N) is 4. The van der Waals surface area contributed by atoms with Crippen LogP contribution in [0.5, 0.6) is 0 Å². The lowest BCUT2D eigenvalue weighted by Crippen LogP contribution is -2.12. The minimum Gasteiger partial charge on any atom is -0.381 e. The number of hydrogen-bond donors (Lipinski definition) is 2. The van der Waals surface area contributed by atoms with Crippen molar-refractivity contribution in [3.8, 4) is 34.3 Å². The number of anilines is 1. The minimum absolute atomic E-state index is 0.168. The van der Waals surface area contributed by atoms with Crippen molar-refractivity contribution in [3.05, 3.63) is 76.8 Å². The first-order valence-electron chi connectivity index (χ1n) is 10.9. The summed E-state index contributed by atoms with van der Waals surface area (Å²) in [4.78, 5) is 21.0. The molecule has 0 aliphatic rings. The average molecular weight is 488 g/mol. The predicted octanol–water partition coefficient (Wildman–Crippen LogP) is 4.64. The first-order valence-corrected chi connectivity index (χ1v) is 11.7. The molecule has 0 aliphatic heterocycles. The molecule has 10 heteroatoms. The first-order chi connectivity index (χ1) is 17.0. The highest BCUT2D eigenvalue weighted by Gasteiger charge is 2.22. The summed E-state index contributed by atoms with van der Waals surface area (Å²) in [5, 5.41) is 20.9. The van der Waals surface area contributed by atoms with E-state index >= 15 is 0 Å². The Labute approximate surface area is 204 Å². The van der Waals surface area contributed by atoms with Gasteiger partial charge in [0.2, 0.25) is 11.6 Å². The zero-order valence-corrected chi connectivity index (χ0v) is 19.5. The van der Waals surface area contributed by atoms with Crippen LogP contribution in [0.3, 0.4) is 0 Å². The largest absolute Gasteiger partial charge is 0.381 e. The third kappa shape index (κ3) is 4.75. The summed E-state index contributed by atoms with van der Waals surface area (Å²) in [6.07, 6.45) is -0.628. The van der Waals surface area contributed by atoms with Gasteiger partial charge in [-0.25, -0.2) is 4.98 Å². The molecule has 1 atom stereocenters. The third-order valence-corrected chi connectivity index (χ3v) is 6.30. The van der Waals surface area contributed by atoms with Gasteiger partial charge in [0.25, 0.3) is 5.89 Å². The maximum Gasteiger partial charge on any atom is 0.297 e. The highest BCUT2D eigenvalue weighted by atomic mass is 32.1. The summed E-state index contributed by atoms with van der Waals surface area (Å²) in [5.74, 6) is 0.683. The molecule has 3 heterocycles. The number of carbonyl (C=O) groups is 1. The zero-order chi connectivity index (χ0) is 24.4. The van der Waals surface area contributed by atoms with E-state index in [2.05, 4.69) is 20.3 Å². The van der Waals surface area contributed by atoms with Crippen molar-refractivity contribution in [1.29, 1.82) is 0 Å². The van der Waals surface area contributed by atoms with Crippen molar-refractivity contribution < 1.29 is 18.9 Å². The number of benzene rings is 2. The number of Topliss-reactive ketones (excluding diaryl/α,β-unsaturated/α-hetero) is 1. The molecule has 35 heavy (non-hydrogen) atoms. The smallest absolute Gasteiger partial charge is 0.297 e. The van der Waals surface area contributed by atoms with E-state index in [1.54, 1.807) is 24.3 Å². The number of aliphatic hydroxyl groups excluding tert-OH is 1. The van der Waals surface area contributed by atoms with Crippen LogP contribution in [0.1, 0.15) is 29.3 Å². The number of nitrogens with two attached hydrogens (primary N) is 1. The molecule has 0 fully saturated rings. The second-order valence-corrected chi connectivity index (χ2v) is 8.83. The van der Waals surface area contributed by atoms with Crippen molar-refractivity contribution in [2.24, 2.45) is 0 Å². The van der Waals surface area contributed by atoms with Crippen LogP contribution < -0.4 is 5.73 Å². The number of carbonyl (C=O) groups excluding carboxylic acids is 1. The summed E-state index contributed by atoms with van der Waals surface area (Å²) in [6.45, 7) is 1.88. The molecule has 1 unspecified atom stereocenters. The van der Waals surface area contributed by atoms with E-state index in [0.717, 1.165) is 16.8 Å². The molecule has 0 saturated carbocycles. The molecule has 0 bridgehead atoms. The highest BCUT2D eigenvalue weighted by Crippen LogP contribution is 2.32. The van der Waals surface area contributed by atoms with Gasteiger partial charge >= 0.3 is 0 Å². The fraction of sp³-hybridized carbons (Fsp3) is 0.160. The molecule has 2 aromatic carbocycles. The summed E-state index contributed by atoms with van der Waals surface area (Å²) >= 11 is 1.33. The number of thiazole rings is 1. The number of rotatable bonds is 8. The van der Waals surface area contributed by atoms with Gasteiger partial charge in [0.05, 0.1) is 5.69 Å². The lowest BCUT2D eigenvalue weighted by atomic mass is 10.0. The van der Waals surface area contributed by atoms with Crippen LogP contribution in [0.2, 0.25) is 0 Å². The van der Waals surface area contributed by atoms with E-state index in [4.69, 9.17) is 14.8 Å². The molecule has 0 aliphatic carbocycles. The van der Waals surface area contributed by atoms with Gasteiger partial charge in [0.15, 0.2) is 10.9 Å². The van der Waals surface area contributed by atoms with E-state index in [0.29, 0.717) is 40.0 Å². The van der Waals surface area contributed by atoms with E-state index < -0.39 is 6.10 Å². The van der Waals surface area contributed by atoms with Crippen molar-refractivity contribution >= 4 is 22.3 Å². The molecule has 0 amide bonds. The van der Waals surface area contributed by atoms with Crippen LogP contribution in [-0.2, 0) is 11.2 Å². The molecule has 0 radical (unpaired) electrons. The number of ketones is 1. The van der Waals surface area contributed by atoms with Gasteiger partial charge in [-0.2, -0.15) is 4.98 Å². The van der Waals surface area contributed by atoms with Gasteiger partial charge < -0.3 is 19.9 Å². The monoisotopic (exact) mass is 487 g/mol. The minimum atomic E-state index is -1.23. The molecule has 9 nitrogen and oxygen atoms in total. The Morgan fingerprint density at radius 2 is 1.80 bits per heavy atom. The van der Waals surface area contributed by atoms with Crippen LogP contribution in [0.25, 0.3) is 34.3 Å². The normalized spacial score (nSPS) is 12.1. The van der Waals surface area contributed by atoms with Gasteiger partial charge in [-0.1, -0.05) is 64.9 Å². The van der Waals surface area contributed by atoms with Gasteiger partial charge in [-0.15, -0.1) is 11.3 Å². The Kier molecular flexibility index (Phi) is 6.21. The van der Waals surface area contributed by atoms with E-state index in [1.165, 1.54) is 11.3 Å². The van der Waals surface area contributed by atoms with Crippen LogP contribution in [-0.4, -0.2) is 31.2 Å². The van der Waals surface area contributed by atoms with Crippen LogP contribution in [0.4, 0.5) is 5.13 Å². The summed E-state index contributed by atoms with van der Waals surface area (Å²) in [6, 6.07) is 16.5. The Hall–Kier alpha value is -4.15. The molecule has 5 aromatic rings. The van der Waals surface area contributed by atoms with Gasteiger partial charge in [0.1, 0.15) is 11.8 Å². The maximum atomic E-state index is 12.4. The molecule has 0 saturated heterocycles. The SMILES string of the molecule is Cc1c(-c2ccccc2)noc1-c1nc(-c2ccc(C(O)C(=O)CCc3csc(N)n3)cc2)no1. The number of nitrogen functional groups attached to an aromatic ring is 1. The molecule has 5 rings (SSSR count). The number of hydrogen-bond acceptors (Lipinski definition) is 10. The molecular weight excluding hydrogens is 466 g/mol.